The third-order valence-electron chi connectivity index (χ3n) is 0.510. The monoisotopic (exact) mass is 116 g/mol. The molecule has 47 valence electrons. The molecule has 0 aromatic heterocycles. The van der Waals surface area contributed by atoms with Crippen molar-refractivity contribution in [1.29, 1.82) is 0 Å². The molecule has 0 aliphatic rings. The van der Waals surface area contributed by atoms with Gasteiger partial charge in [0.15, 0.2) is 0 Å². The fraction of sp³-hybridized carbons (Fsp3) is 0.600. The van der Waals surface area contributed by atoms with Crippen molar-refractivity contribution in [2.45, 2.75) is 6.92 Å². The highest BCUT2D eigenvalue weighted by atomic mass is 16.5. The molecule has 0 aliphatic carbocycles. The average Bonchev–Trinajstić information content (AvgIpc) is 1.61. The third kappa shape index (κ3) is 5.27. The van der Waals surface area contributed by atoms with E-state index in [0.717, 1.165) is 0 Å². The van der Waals surface area contributed by atoms with E-state index in [2.05, 4.69) is 17.4 Å². The van der Waals surface area contributed by atoms with Gasteiger partial charge in [0.2, 0.25) is 0 Å². The summed E-state index contributed by atoms with van der Waals surface area (Å²) in [5.41, 5.74) is 4.65. The molecule has 3 heteroatoms. The summed E-state index contributed by atoms with van der Waals surface area (Å²) in [5, 5.41) is 0. The Morgan fingerprint density at radius 1 is 2.00 bits per heavy atom. The lowest BCUT2D eigenvalue weighted by Crippen LogP contribution is -2.16. The van der Waals surface area contributed by atoms with Crippen LogP contribution in [0.2, 0.25) is 0 Å². The van der Waals surface area contributed by atoms with E-state index in [-0.39, 0.29) is 5.92 Å². The molecule has 0 heterocycles. The molecule has 0 spiro atoms. The Morgan fingerprint density at radius 3 is 2.62 bits per heavy atom. The molecule has 0 aromatic carbocycles. The van der Waals surface area contributed by atoms with Crippen LogP contribution < -0.4 is 5.73 Å². The Kier molecular flexibility index (Phi) is 2.99. The zero-order chi connectivity index (χ0) is 6.57. The van der Waals surface area contributed by atoms with Gasteiger partial charge in [0.25, 0.3) is 0 Å². The van der Waals surface area contributed by atoms with Gasteiger partial charge in [-0.15, -0.1) is 0 Å². The summed E-state index contributed by atoms with van der Waals surface area (Å²) in [4.78, 5) is 9.88. The van der Waals surface area contributed by atoms with Crippen LogP contribution in [0.3, 0.4) is 0 Å². The number of nitrogens with two attached hydrogens (primary N) is 1. The van der Waals surface area contributed by atoms with Gasteiger partial charge in [0.1, 0.15) is 0 Å². The number of hydrogen-bond donors (Lipinski definition) is 1. The Balaban J connectivity index is 3.05. The van der Waals surface area contributed by atoms with Crippen molar-refractivity contribution >= 4 is 6.09 Å². The van der Waals surface area contributed by atoms with Crippen molar-refractivity contribution in [1.82, 2.24) is 0 Å². The smallest absolute Gasteiger partial charge is 0.404 e. The minimum absolute atomic E-state index is 0.113. The van der Waals surface area contributed by atoms with Crippen molar-refractivity contribution < 1.29 is 9.53 Å². The zero-order valence-electron chi connectivity index (χ0n) is 4.89. The van der Waals surface area contributed by atoms with Crippen LogP contribution in [0.4, 0.5) is 4.79 Å². The van der Waals surface area contributed by atoms with Gasteiger partial charge in [-0.3, -0.25) is 0 Å². The van der Waals surface area contributed by atoms with E-state index in [1.165, 1.54) is 0 Å². The number of amides is 1. The maximum atomic E-state index is 9.88. The number of carbonyl (C=O) groups is 1. The van der Waals surface area contributed by atoms with E-state index >= 15 is 0 Å². The van der Waals surface area contributed by atoms with Crippen LogP contribution in [0.5, 0.6) is 0 Å². The molecule has 1 unspecified atom stereocenters. The van der Waals surface area contributed by atoms with Crippen LogP contribution in [-0.4, -0.2) is 12.7 Å². The minimum Gasteiger partial charge on any atom is -0.449 e. The molecule has 0 fully saturated rings. The van der Waals surface area contributed by atoms with Gasteiger partial charge < -0.3 is 10.5 Å². The highest BCUT2D eigenvalue weighted by Crippen LogP contribution is 1.89. The SMILES string of the molecule is [CH2]C(C)COC(N)=O. The lowest BCUT2D eigenvalue weighted by molar-refractivity contribution is 0.147. The summed E-state index contributed by atoms with van der Waals surface area (Å²) < 4.78 is 4.38. The Bertz CT molecular complexity index is 80.5. The molecule has 1 radical (unpaired) electrons. The van der Waals surface area contributed by atoms with E-state index < -0.39 is 6.09 Å². The van der Waals surface area contributed by atoms with Crippen molar-refractivity contribution in [2.24, 2.45) is 11.7 Å². The van der Waals surface area contributed by atoms with E-state index in [9.17, 15) is 4.79 Å². The molecule has 0 aromatic rings. The molecule has 1 amide bonds. The van der Waals surface area contributed by atoms with Crippen LogP contribution in [-0.2, 0) is 4.74 Å². The highest BCUT2D eigenvalue weighted by Gasteiger charge is 1.95. The number of carbonyl (C=O) groups excluding carboxylic acids is 1. The fourth-order valence-corrected chi connectivity index (χ4v) is 0.224. The predicted octanol–water partition coefficient (Wildman–Crippen LogP) is 0.552. The third-order valence-corrected chi connectivity index (χ3v) is 0.510. The molecule has 1 atom stereocenters. The second-order valence-corrected chi connectivity index (χ2v) is 1.74. The first-order valence-electron chi connectivity index (χ1n) is 2.38. The van der Waals surface area contributed by atoms with Gasteiger partial charge in [-0.05, 0) is 12.8 Å². The van der Waals surface area contributed by atoms with Crippen LogP contribution in [0, 0.1) is 12.8 Å². The number of primary amides is 1. The standard InChI is InChI=1S/C5H10NO2/c1-4(2)3-8-5(6)7/h4H,1,3H2,2H3,(H2,6,7). The molecule has 0 aliphatic heterocycles. The molecule has 0 saturated heterocycles. The van der Waals surface area contributed by atoms with Gasteiger partial charge >= 0.3 is 6.09 Å². The fourth-order valence-electron chi connectivity index (χ4n) is 0.224. The van der Waals surface area contributed by atoms with E-state index in [0.29, 0.717) is 6.61 Å². The van der Waals surface area contributed by atoms with Gasteiger partial charge in [-0.1, -0.05) is 6.92 Å². The summed E-state index contributed by atoms with van der Waals surface area (Å²) >= 11 is 0. The lowest BCUT2D eigenvalue weighted by Gasteiger charge is -2.01. The summed E-state index contributed by atoms with van der Waals surface area (Å²) in [5.74, 6) is 0.113. The van der Waals surface area contributed by atoms with Gasteiger partial charge in [-0.2, -0.15) is 0 Å². The average molecular weight is 116 g/mol. The van der Waals surface area contributed by atoms with Crippen molar-refractivity contribution in [2.75, 3.05) is 6.61 Å². The first-order chi connectivity index (χ1) is 3.63. The maximum Gasteiger partial charge on any atom is 0.404 e. The molecular weight excluding hydrogens is 106 g/mol. The summed E-state index contributed by atoms with van der Waals surface area (Å²) in [7, 11) is 0. The zero-order valence-corrected chi connectivity index (χ0v) is 4.89. The van der Waals surface area contributed by atoms with Crippen molar-refractivity contribution in [3.05, 3.63) is 6.92 Å². The topological polar surface area (TPSA) is 52.3 Å². The van der Waals surface area contributed by atoms with E-state index in [1.54, 1.807) is 0 Å². The first-order valence-corrected chi connectivity index (χ1v) is 2.38. The summed E-state index contributed by atoms with van der Waals surface area (Å²) in [6.45, 7) is 5.71. The van der Waals surface area contributed by atoms with Crippen molar-refractivity contribution in [3.8, 4) is 0 Å². The second-order valence-electron chi connectivity index (χ2n) is 1.74. The molecule has 3 nitrogen and oxygen atoms in total. The van der Waals surface area contributed by atoms with E-state index in [4.69, 9.17) is 0 Å². The molecule has 0 saturated carbocycles. The number of hydrogen-bond acceptors (Lipinski definition) is 2. The number of rotatable bonds is 2. The normalized spacial score (nSPS) is 9.38. The maximum absolute atomic E-state index is 9.88. The lowest BCUT2D eigenvalue weighted by atomic mass is 10.2. The van der Waals surface area contributed by atoms with Crippen LogP contribution in [0.1, 0.15) is 6.92 Å². The quantitative estimate of drug-likeness (QED) is 0.572. The summed E-state index contributed by atoms with van der Waals surface area (Å²) in [6.07, 6.45) is -0.736. The van der Waals surface area contributed by atoms with Gasteiger partial charge in [0, 0.05) is 0 Å². The van der Waals surface area contributed by atoms with Crippen molar-refractivity contribution in [3.63, 3.8) is 0 Å². The molecule has 0 bridgehead atoms. The van der Waals surface area contributed by atoms with Gasteiger partial charge in [-0.25, -0.2) is 4.79 Å². The largest absolute Gasteiger partial charge is 0.449 e. The Labute approximate surface area is 48.8 Å². The second kappa shape index (κ2) is 3.29. The highest BCUT2D eigenvalue weighted by molar-refractivity contribution is 5.64. The Hall–Kier alpha value is -0.730. The molecule has 8 heavy (non-hydrogen) atoms. The molecular formula is C5H10NO2. The summed E-state index contributed by atoms with van der Waals surface area (Å²) in [6, 6.07) is 0. The Morgan fingerprint density at radius 2 is 2.50 bits per heavy atom. The van der Waals surface area contributed by atoms with Crippen LogP contribution in [0.15, 0.2) is 0 Å². The molecule has 0 rings (SSSR count). The van der Waals surface area contributed by atoms with E-state index in [1.807, 2.05) is 6.92 Å². The minimum atomic E-state index is -0.736. The van der Waals surface area contributed by atoms with Gasteiger partial charge in [0.05, 0.1) is 6.61 Å². The molecule has 2 N–H and O–H groups in total. The predicted molar refractivity (Wildman–Crippen MR) is 30.1 cm³/mol. The first kappa shape index (κ1) is 7.27. The van der Waals surface area contributed by atoms with Crippen LogP contribution in [0.25, 0.3) is 0 Å². The number of ether oxygens (including phenoxy) is 1. The van der Waals surface area contributed by atoms with Crippen LogP contribution >= 0.6 is 0 Å².